The molecular weight excluding hydrogens is 480 g/mol. The van der Waals surface area contributed by atoms with Crippen LogP contribution in [0, 0.1) is 5.92 Å². The van der Waals surface area contributed by atoms with Crippen molar-refractivity contribution in [3.8, 4) is 5.75 Å². The first kappa shape index (κ1) is 26.3. The molecule has 36 heavy (non-hydrogen) atoms. The number of carbonyl (C=O) groups excluding carboxylic acids is 1. The van der Waals surface area contributed by atoms with Gasteiger partial charge in [-0.1, -0.05) is 42.5 Å². The van der Waals surface area contributed by atoms with Crippen molar-refractivity contribution in [3.63, 3.8) is 0 Å². The number of benzene rings is 2. The lowest BCUT2D eigenvalue weighted by atomic mass is 9.90. The van der Waals surface area contributed by atoms with E-state index >= 15 is 0 Å². The number of methoxy groups -OCH3 is 1. The Morgan fingerprint density at radius 1 is 1.08 bits per heavy atom. The summed E-state index contributed by atoms with van der Waals surface area (Å²) >= 11 is 0. The zero-order valence-corrected chi connectivity index (χ0v) is 21.3. The second-order valence-electron chi connectivity index (χ2n) is 9.32. The van der Waals surface area contributed by atoms with E-state index in [9.17, 15) is 18.3 Å². The molecule has 8 nitrogen and oxygen atoms in total. The SMILES string of the molecule is COc1ccc(S(=O)(=O)N[C@H]2C=C[C@@H](CC(=O)N3CCC(Cc4ccccc4)CC3)O[C@@H]2CO)cc1. The molecule has 2 N–H and O–H groups in total. The van der Waals surface area contributed by atoms with Crippen LogP contribution in [-0.4, -0.2) is 69.4 Å². The van der Waals surface area contributed by atoms with Crippen molar-refractivity contribution in [1.82, 2.24) is 9.62 Å². The number of piperidine rings is 1. The van der Waals surface area contributed by atoms with E-state index in [4.69, 9.17) is 9.47 Å². The molecule has 0 bridgehead atoms. The first-order valence-corrected chi connectivity index (χ1v) is 13.8. The summed E-state index contributed by atoms with van der Waals surface area (Å²) in [6.45, 7) is 1.07. The Bertz CT molecular complexity index is 1130. The summed E-state index contributed by atoms with van der Waals surface area (Å²) in [7, 11) is -2.33. The highest BCUT2D eigenvalue weighted by Gasteiger charge is 2.32. The number of nitrogens with one attached hydrogen (secondary N) is 1. The normalized spacial score (nSPS) is 22.9. The molecule has 0 aliphatic carbocycles. The fraction of sp³-hybridized carbons (Fsp3) is 0.444. The summed E-state index contributed by atoms with van der Waals surface area (Å²) in [6.07, 6.45) is 5.18. The summed E-state index contributed by atoms with van der Waals surface area (Å²) in [6, 6.07) is 15.7. The van der Waals surface area contributed by atoms with Gasteiger partial charge in [-0.3, -0.25) is 4.79 Å². The molecule has 0 radical (unpaired) electrons. The van der Waals surface area contributed by atoms with Crippen molar-refractivity contribution in [2.75, 3.05) is 26.8 Å². The van der Waals surface area contributed by atoms with E-state index in [1.54, 1.807) is 24.3 Å². The average Bonchev–Trinajstić information content (AvgIpc) is 2.90. The Morgan fingerprint density at radius 3 is 2.42 bits per heavy atom. The van der Waals surface area contributed by atoms with E-state index in [0.717, 1.165) is 32.4 Å². The predicted octanol–water partition coefficient (Wildman–Crippen LogP) is 2.53. The van der Waals surface area contributed by atoms with E-state index < -0.39 is 28.3 Å². The van der Waals surface area contributed by atoms with Gasteiger partial charge in [0.1, 0.15) is 11.9 Å². The minimum absolute atomic E-state index is 0.0109. The van der Waals surface area contributed by atoms with Gasteiger partial charge in [0.05, 0.1) is 37.2 Å². The molecule has 1 amide bonds. The van der Waals surface area contributed by atoms with Crippen molar-refractivity contribution in [2.45, 2.75) is 48.8 Å². The first-order chi connectivity index (χ1) is 17.4. The summed E-state index contributed by atoms with van der Waals surface area (Å²) in [5.41, 5.74) is 1.33. The second-order valence-corrected chi connectivity index (χ2v) is 11.0. The van der Waals surface area contributed by atoms with Crippen LogP contribution in [0.3, 0.4) is 0 Å². The lowest BCUT2D eigenvalue weighted by Crippen LogP contribution is -2.49. The van der Waals surface area contributed by atoms with Crippen molar-refractivity contribution < 1.29 is 27.8 Å². The maximum Gasteiger partial charge on any atom is 0.241 e. The van der Waals surface area contributed by atoms with Crippen molar-refractivity contribution in [3.05, 3.63) is 72.3 Å². The minimum Gasteiger partial charge on any atom is -0.497 e. The number of sulfonamides is 1. The molecule has 3 atom stereocenters. The van der Waals surface area contributed by atoms with Crippen LogP contribution in [0.15, 0.2) is 71.6 Å². The van der Waals surface area contributed by atoms with Crippen LogP contribution >= 0.6 is 0 Å². The molecule has 194 valence electrons. The molecule has 2 aromatic rings. The number of hydrogen-bond donors (Lipinski definition) is 2. The molecule has 2 aromatic carbocycles. The van der Waals surface area contributed by atoms with Gasteiger partial charge in [0.25, 0.3) is 0 Å². The highest BCUT2D eigenvalue weighted by atomic mass is 32.2. The fourth-order valence-electron chi connectivity index (χ4n) is 4.75. The maximum atomic E-state index is 12.9. The quantitative estimate of drug-likeness (QED) is 0.499. The highest BCUT2D eigenvalue weighted by molar-refractivity contribution is 7.89. The zero-order chi connectivity index (χ0) is 25.5. The van der Waals surface area contributed by atoms with Crippen LogP contribution in [0.5, 0.6) is 5.75 Å². The minimum atomic E-state index is -3.84. The molecule has 1 saturated heterocycles. The third kappa shape index (κ3) is 6.73. The summed E-state index contributed by atoms with van der Waals surface area (Å²) in [5.74, 6) is 1.13. The van der Waals surface area contributed by atoms with E-state index in [-0.39, 0.29) is 23.8 Å². The van der Waals surface area contributed by atoms with Crippen molar-refractivity contribution in [1.29, 1.82) is 0 Å². The van der Waals surface area contributed by atoms with Gasteiger partial charge < -0.3 is 19.5 Å². The number of carbonyl (C=O) groups is 1. The van der Waals surface area contributed by atoms with E-state index in [1.807, 2.05) is 11.0 Å². The standard InChI is InChI=1S/C27H34N2O6S/c1-34-22-7-10-24(11-8-22)36(32,33)28-25-12-9-23(35-26(25)19-30)18-27(31)29-15-13-21(14-16-29)17-20-5-3-2-4-6-20/h2-12,21,23,25-26,28,30H,13-19H2,1H3/t23-,25-,26+/m0/s1. The number of aliphatic hydroxyl groups is 1. The number of aliphatic hydroxyl groups excluding tert-OH is 1. The third-order valence-corrected chi connectivity index (χ3v) is 8.31. The molecule has 2 aliphatic rings. The largest absolute Gasteiger partial charge is 0.497 e. The number of ether oxygens (including phenoxy) is 2. The Balaban J connectivity index is 1.29. The van der Waals surface area contributed by atoms with Gasteiger partial charge in [-0.05, 0) is 55.0 Å². The maximum absolute atomic E-state index is 12.9. The van der Waals surface area contributed by atoms with Gasteiger partial charge in [0.15, 0.2) is 0 Å². The molecule has 1 fully saturated rings. The Kier molecular flexibility index (Phi) is 8.79. The van der Waals surface area contributed by atoms with Crippen LogP contribution in [-0.2, 0) is 26.0 Å². The van der Waals surface area contributed by atoms with Crippen LogP contribution in [0.1, 0.15) is 24.8 Å². The molecule has 2 aliphatic heterocycles. The molecule has 9 heteroatoms. The molecular formula is C27H34N2O6S. The lowest BCUT2D eigenvalue weighted by molar-refractivity contribution is -0.136. The monoisotopic (exact) mass is 514 g/mol. The summed E-state index contributed by atoms with van der Waals surface area (Å²) < 4.78 is 39.1. The highest BCUT2D eigenvalue weighted by Crippen LogP contribution is 2.24. The zero-order valence-electron chi connectivity index (χ0n) is 20.5. The average molecular weight is 515 g/mol. The van der Waals surface area contributed by atoms with Gasteiger partial charge in [0, 0.05) is 13.1 Å². The van der Waals surface area contributed by atoms with E-state index in [2.05, 4.69) is 29.0 Å². The predicted molar refractivity (Wildman–Crippen MR) is 136 cm³/mol. The molecule has 0 saturated carbocycles. The van der Waals surface area contributed by atoms with Crippen LogP contribution < -0.4 is 9.46 Å². The first-order valence-electron chi connectivity index (χ1n) is 12.3. The Morgan fingerprint density at radius 2 is 1.78 bits per heavy atom. The number of hydrogen-bond acceptors (Lipinski definition) is 6. The summed E-state index contributed by atoms with van der Waals surface area (Å²) in [5, 5.41) is 9.84. The number of amides is 1. The lowest BCUT2D eigenvalue weighted by Gasteiger charge is -2.35. The number of nitrogens with zero attached hydrogens (tertiary/aromatic N) is 1. The molecule has 2 heterocycles. The van der Waals surface area contributed by atoms with Gasteiger partial charge in [-0.15, -0.1) is 0 Å². The van der Waals surface area contributed by atoms with Crippen LogP contribution in [0.2, 0.25) is 0 Å². The van der Waals surface area contributed by atoms with E-state index in [1.165, 1.54) is 24.8 Å². The van der Waals surface area contributed by atoms with Crippen LogP contribution in [0.4, 0.5) is 0 Å². The van der Waals surface area contributed by atoms with Crippen LogP contribution in [0.25, 0.3) is 0 Å². The topological polar surface area (TPSA) is 105 Å². The van der Waals surface area contributed by atoms with Gasteiger partial charge in [-0.2, -0.15) is 0 Å². The third-order valence-electron chi connectivity index (χ3n) is 6.83. The van der Waals surface area contributed by atoms with Gasteiger partial charge in [0.2, 0.25) is 15.9 Å². The fourth-order valence-corrected chi connectivity index (χ4v) is 5.97. The molecule has 4 rings (SSSR count). The summed E-state index contributed by atoms with van der Waals surface area (Å²) in [4.78, 5) is 14.9. The molecule has 0 spiro atoms. The molecule has 0 unspecified atom stereocenters. The van der Waals surface area contributed by atoms with Crippen molar-refractivity contribution in [2.24, 2.45) is 5.92 Å². The van der Waals surface area contributed by atoms with Gasteiger partial charge in [-0.25, -0.2) is 13.1 Å². The van der Waals surface area contributed by atoms with Gasteiger partial charge >= 0.3 is 0 Å². The number of likely N-dealkylation sites (tertiary alicyclic amines) is 1. The Labute approximate surface area is 213 Å². The molecule has 0 aromatic heterocycles. The Hall–Kier alpha value is -2.72. The number of rotatable bonds is 9. The second kappa shape index (κ2) is 12.0. The van der Waals surface area contributed by atoms with E-state index in [0.29, 0.717) is 11.7 Å². The van der Waals surface area contributed by atoms with Crippen molar-refractivity contribution >= 4 is 15.9 Å². The smallest absolute Gasteiger partial charge is 0.241 e.